The predicted octanol–water partition coefficient (Wildman–Crippen LogP) is 3.40. The third-order valence-corrected chi connectivity index (χ3v) is 4.93. The number of methoxy groups -OCH3 is 1. The molecular formula is C27H36N2O7. The van der Waals surface area contributed by atoms with E-state index in [4.69, 9.17) is 18.9 Å². The molecule has 0 radical (unpaired) electrons. The molecule has 2 aromatic rings. The van der Waals surface area contributed by atoms with Gasteiger partial charge >= 0.3 is 18.0 Å². The third kappa shape index (κ3) is 10.4. The van der Waals surface area contributed by atoms with Crippen LogP contribution < -0.4 is 15.4 Å². The Hall–Kier alpha value is -3.59. The van der Waals surface area contributed by atoms with Crippen LogP contribution in [-0.2, 0) is 36.8 Å². The zero-order valence-electron chi connectivity index (χ0n) is 21.5. The molecule has 9 heteroatoms. The maximum Gasteiger partial charge on any atom is 0.408 e. The molecule has 0 aromatic heterocycles. The lowest BCUT2D eigenvalue weighted by molar-refractivity contribution is -0.147. The van der Waals surface area contributed by atoms with E-state index in [-0.39, 0.29) is 13.2 Å². The van der Waals surface area contributed by atoms with Crippen molar-refractivity contribution >= 4 is 18.0 Å². The number of esters is 2. The van der Waals surface area contributed by atoms with Crippen molar-refractivity contribution in [3.63, 3.8) is 0 Å². The van der Waals surface area contributed by atoms with E-state index >= 15 is 0 Å². The van der Waals surface area contributed by atoms with Gasteiger partial charge in [-0.15, -0.1) is 0 Å². The Morgan fingerprint density at radius 3 is 2.14 bits per heavy atom. The van der Waals surface area contributed by atoms with Gasteiger partial charge in [0.15, 0.2) is 0 Å². The van der Waals surface area contributed by atoms with E-state index < -0.39 is 35.7 Å². The van der Waals surface area contributed by atoms with Crippen LogP contribution in [-0.4, -0.2) is 56.0 Å². The summed E-state index contributed by atoms with van der Waals surface area (Å²) in [6.07, 6.45) is -0.462. The molecule has 9 nitrogen and oxygen atoms in total. The minimum Gasteiger partial charge on any atom is -0.489 e. The Balaban J connectivity index is 2.01. The van der Waals surface area contributed by atoms with Gasteiger partial charge in [-0.3, -0.25) is 4.79 Å². The van der Waals surface area contributed by atoms with E-state index in [1.165, 1.54) is 7.11 Å². The van der Waals surface area contributed by atoms with Crippen molar-refractivity contribution in [2.75, 3.05) is 20.3 Å². The number of amides is 1. The van der Waals surface area contributed by atoms with Gasteiger partial charge in [-0.2, -0.15) is 0 Å². The van der Waals surface area contributed by atoms with Gasteiger partial charge in [0.05, 0.1) is 13.7 Å². The number of carbonyl (C=O) groups excluding carboxylic acids is 3. The second-order valence-electron chi connectivity index (χ2n) is 9.06. The van der Waals surface area contributed by atoms with E-state index in [2.05, 4.69) is 10.6 Å². The van der Waals surface area contributed by atoms with Gasteiger partial charge in [-0.25, -0.2) is 9.59 Å². The predicted molar refractivity (Wildman–Crippen MR) is 135 cm³/mol. The summed E-state index contributed by atoms with van der Waals surface area (Å²) in [4.78, 5) is 37.0. The molecule has 0 saturated carbocycles. The summed E-state index contributed by atoms with van der Waals surface area (Å²) >= 11 is 0. The number of carbonyl (C=O) groups is 3. The number of ether oxygens (including phenoxy) is 4. The lowest BCUT2D eigenvalue weighted by atomic mass is 10.1. The minimum atomic E-state index is -1.05. The second-order valence-corrected chi connectivity index (χ2v) is 9.06. The monoisotopic (exact) mass is 500 g/mol. The molecule has 0 fully saturated rings. The maximum atomic E-state index is 12.4. The average Bonchev–Trinajstić information content (AvgIpc) is 2.84. The molecule has 2 N–H and O–H groups in total. The Morgan fingerprint density at radius 2 is 1.56 bits per heavy atom. The number of alkyl carbamates (subject to hydrolysis) is 1. The van der Waals surface area contributed by atoms with Gasteiger partial charge in [0.1, 0.15) is 30.0 Å². The molecule has 0 aliphatic heterocycles. The average molecular weight is 501 g/mol. The molecule has 2 atom stereocenters. The smallest absolute Gasteiger partial charge is 0.408 e. The number of nitrogens with one attached hydrogen (secondary N) is 2. The molecule has 2 aromatic carbocycles. The van der Waals surface area contributed by atoms with Crippen molar-refractivity contribution < 1.29 is 33.3 Å². The normalized spacial score (nSPS) is 12.7. The van der Waals surface area contributed by atoms with Crippen molar-refractivity contribution in [1.29, 1.82) is 0 Å². The first-order valence-corrected chi connectivity index (χ1v) is 11.8. The molecule has 1 amide bonds. The Kier molecular flexibility index (Phi) is 11.2. The van der Waals surface area contributed by atoms with Crippen molar-refractivity contribution in [2.24, 2.45) is 0 Å². The van der Waals surface area contributed by atoms with Gasteiger partial charge in [0.2, 0.25) is 0 Å². The lowest BCUT2D eigenvalue weighted by Crippen LogP contribution is -2.52. The van der Waals surface area contributed by atoms with Crippen LogP contribution in [0.4, 0.5) is 4.79 Å². The number of benzene rings is 2. The highest BCUT2D eigenvalue weighted by atomic mass is 16.6. The lowest BCUT2D eigenvalue weighted by Gasteiger charge is -2.24. The van der Waals surface area contributed by atoms with Crippen molar-refractivity contribution in [1.82, 2.24) is 10.6 Å². The highest BCUT2D eigenvalue weighted by Gasteiger charge is 2.28. The van der Waals surface area contributed by atoms with Gasteiger partial charge < -0.3 is 29.6 Å². The number of rotatable bonds is 12. The molecule has 196 valence electrons. The molecule has 0 aliphatic carbocycles. The molecule has 0 saturated heterocycles. The van der Waals surface area contributed by atoms with Crippen LogP contribution in [0.15, 0.2) is 54.6 Å². The molecule has 0 bridgehead atoms. The SMILES string of the molecule is CCOC(=O)[C@@H](CN[C@@H](Cc1ccc(OCc2ccccc2)cc1)C(=O)OC)NC(=O)OC(C)(C)C. The van der Waals surface area contributed by atoms with Crippen LogP contribution in [0.2, 0.25) is 0 Å². The van der Waals surface area contributed by atoms with E-state index in [0.717, 1.165) is 11.1 Å². The molecule has 2 rings (SSSR count). The van der Waals surface area contributed by atoms with E-state index in [1.807, 2.05) is 54.6 Å². The Morgan fingerprint density at radius 1 is 0.889 bits per heavy atom. The highest BCUT2D eigenvalue weighted by molar-refractivity contribution is 5.82. The van der Waals surface area contributed by atoms with Gasteiger partial charge in [-0.05, 0) is 57.4 Å². The van der Waals surface area contributed by atoms with Crippen molar-refractivity contribution in [2.45, 2.75) is 58.4 Å². The van der Waals surface area contributed by atoms with Gasteiger partial charge in [-0.1, -0.05) is 42.5 Å². The summed E-state index contributed by atoms with van der Waals surface area (Å²) in [5, 5.41) is 5.51. The molecule has 0 unspecified atom stereocenters. The molecular weight excluding hydrogens is 464 g/mol. The minimum absolute atomic E-state index is 0.0594. The van der Waals surface area contributed by atoms with Crippen LogP contribution in [0.3, 0.4) is 0 Å². The maximum absolute atomic E-state index is 12.4. The van der Waals surface area contributed by atoms with Crippen LogP contribution in [0, 0.1) is 0 Å². The van der Waals surface area contributed by atoms with Crippen molar-refractivity contribution in [3.05, 3.63) is 65.7 Å². The first-order valence-electron chi connectivity index (χ1n) is 11.8. The summed E-state index contributed by atoms with van der Waals surface area (Å²) in [6.45, 7) is 7.35. The summed E-state index contributed by atoms with van der Waals surface area (Å²) in [5.41, 5.74) is 1.19. The molecule has 0 heterocycles. The van der Waals surface area contributed by atoms with E-state index in [1.54, 1.807) is 27.7 Å². The van der Waals surface area contributed by atoms with Crippen LogP contribution in [0.5, 0.6) is 5.75 Å². The topological polar surface area (TPSA) is 112 Å². The zero-order valence-corrected chi connectivity index (χ0v) is 21.5. The summed E-state index contributed by atoms with van der Waals surface area (Å²) < 4.78 is 21.0. The summed E-state index contributed by atoms with van der Waals surface area (Å²) in [7, 11) is 1.29. The van der Waals surface area contributed by atoms with E-state index in [0.29, 0.717) is 18.8 Å². The first kappa shape index (κ1) is 28.6. The van der Waals surface area contributed by atoms with Gasteiger partial charge in [0, 0.05) is 6.54 Å². The van der Waals surface area contributed by atoms with Gasteiger partial charge in [0.25, 0.3) is 0 Å². The summed E-state index contributed by atoms with van der Waals surface area (Å²) in [5.74, 6) is -0.437. The largest absolute Gasteiger partial charge is 0.489 e. The Bertz CT molecular complexity index is 972. The second kappa shape index (κ2) is 14.1. The third-order valence-electron chi connectivity index (χ3n) is 4.93. The standard InChI is InChI=1S/C27H36N2O7/c1-6-34-25(31)23(29-26(32)36-27(2,3)4)17-28-22(24(30)33-5)16-19-12-14-21(15-13-19)35-18-20-10-8-7-9-11-20/h7-15,22-23,28H,6,16-18H2,1-5H3,(H,29,32)/t22-,23+/m0/s1. The highest BCUT2D eigenvalue weighted by Crippen LogP contribution is 2.16. The quantitative estimate of drug-likeness (QED) is 0.337. The zero-order chi connectivity index (χ0) is 26.6. The fourth-order valence-corrected chi connectivity index (χ4v) is 3.23. The van der Waals surface area contributed by atoms with Crippen LogP contribution >= 0.6 is 0 Å². The van der Waals surface area contributed by atoms with Crippen molar-refractivity contribution in [3.8, 4) is 5.75 Å². The Labute approximate surface area is 212 Å². The number of hydrogen-bond acceptors (Lipinski definition) is 8. The molecule has 36 heavy (non-hydrogen) atoms. The first-order chi connectivity index (χ1) is 17.1. The fraction of sp³-hybridized carbons (Fsp3) is 0.444. The number of hydrogen-bond donors (Lipinski definition) is 2. The van der Waals surface area contributed by atoms with Crippen LogP contribution in [0.1, 0.15) is 38.8 Å². The molecule has 0 aliphatic rings. The van der Waals surface area contributed by atoms with E-state index in [9.17, 15) is 14.4 Å². The fourth-order valence-electron chi connectivity index (χ4n) is 3.23. The van der Waals surface area contributed by atoms with Crippen LogP contribution in [0.25, 0.3) is 0 Å². The molecule has 0 spiro atoms. The summed E-state index contributed by atoms with van der Waals surface area (Å²) in [6, 6.07) is 15.4.